The number of carbonyl (C=O) groups excluding carboxylic acids is 6. The molecule has 6 aliphatic rings. The molecule has 69 heavy (non-hydrogen) atoms. The number of nitrogens with one attached hydrogen (secondary N) is 3. The molecule has 5 aromatic rings. The highest BCUT2D eigenvalue weighted by Gasteiger charge is 2.45. The van der Waals surface area contributed by atoms with Crippen molar-refractivity contribution in [2.45, 2.75) is 56.7 Å². The summed E-state index contributed by atoms with van der Waals surface area (Å²) >= 11 is 0. The Morgan fingerprint density at radius 3 is 2.32 bits per heavy atom. The molecule has 3 aromatic heterocycles. The van der Waals surface area contributed by atoms with Crippen molar-refractivity contribution in [2.75, 3.05) is 74.0 Å². The van der Waals surface area contributed by atoms with Gasteiger partial charge in [0, 0.05) is 94.5 Å². The number of nitriles is 1. The molecule has 1 aliphatic carbocycles. The average molecular weight is 931 g/mol. The summed E-state index contributed by atoms with van der Waals surface area (Å²) in [5.41, 5.74) is 5.12. The van der Waals surface area contributed by atoms with Gasteiger partial charge in [-0.1, -0.05) is 6.07 Å². The Morgan fingerprint density at radius 2 is 1.57 bits per heavy atom. The van der Waals surface area contributed by atoms with E-state index in [2.05, 4.69) is 70.0 Å². The number of likely N-dealkylation sites (tertiary alicyclic amines) is 1. The highest BCUT2D eigenvalue weighted by molar-refractivity contribution is 6.23. The molecule has 0 radical (unpaired) electrons. The molecule has 352 valence electrons. The topological polar surface area (TPSA) is 235 Å². The van der Waals surface area contributed by atoms with Crippen LogP contribution in [0.1, 0.15) is 81.5 Å². The molecule has 2 aromatic carbocycles. The van der Waals surface area contributed by atoms with E-state index in [1.807, 2.05) is 20.4 Å². The standard InChI is InChI=1S/C49H50N14O6/c50-23-32-2-1-3-39(54-32)45(65)56-33-20-36(21-33)62-28-53-42-43(51-27-52-44(42)62)55-31-4-6-34(7-5-31)59-18-16-58(17-19-59)24-29-12-14-60(15-13-29)47(67)30-25-61(26-30)35-8-9-37-38(22-35)49(69)63(48(37)68)40-10-11-41(64)57-46(40)66/h1-9,22,27-30,33,36,40H,10-21,24-26H2,(H,56,65)(H,51,52,55)(H,57,64,66)/t33?,36?,40-/m0/s1. The fourth-order valence-electron chi connectivity index (χ4n) is 10.6. The molecule has 6 amide bonds. The van der Waals surface area contributed by atoms with Crippen molar-refractivity contribution in [3.63, 3.8) is 0 Å². The highest BCUT2D eigenvalue weighted by Crippen LogP contribution is 2.37. The minimum atomic E-state index is -1.01. The second-order valence-electron chi connectivity index (χ2n) is 18.9. The zero-order valence-electron chi connectivity index (χ0n) is 37.8. The Hall–Kier alpha value is -7.79. The zero-order chi connectivity index (χ0) is 47.3. The quantitative estimate of drug-likeness (QED) is 0.162. The van der Waals surface area contributed by atoms with Crippen molar-refractivity contribution in [1.29, 1.82) is 5.26 Å². The number of rotatable bonds is 11. The minimum absolute atomic E-state index is 0.0203. The first-order valence-electron chi connectivity index (χ1n) is 23.7. The molecule has 11 rings (SSSR count). The van der Waals surface area contributed by atoms with Gasteiger partial charge >= 0.3 is 0 Å². The maximum atomic E-state index is 13.5. The molecule has 20 nitrogen and oxygen atoms in total. The van der Waals surface area contributed by atoms with Crippen molar-refractivity contribution in [2.24, 2.45) is 11.8 Å². The lowest BCUT2D eigenvalue weighted by Gasteiger charge is -2.44. The number of imidazole rings is 1. The number of fused-ring (bicyclic) bond motifs is 2. The lowest BCUT2D eigenvalue weighted by atomic mass is 9.86. The van der Waals surface area contributed by atoms with Gasteiger partial charge in [0.2, 0.25) is 17.7 Å². The molecule has 0 bridgehead atoms. The minimum Gasteiger partial charge on any atom is -0.370 e. The van der Waals surface area contributed by atoms with Crippen LogP contribution in [0.25, 0.3) is 11.2 Å². The number of aromatic nitrogens is 5. The summed E-state index contributed by atoms with van der Waals surface area (Å²) in [5, 5.41) is 17.8. The third-order valence-electron chi connectivity index (χ3n) is 14.6. The van der Waals surface area contributed by atoms with Gasteiger partial charge in [-0.3, -0.25) is 43.9 Å². The number of hydrogen-bond acceptors (Lipinski definition) is 15. The molecule has 5 aliphatic heterocycles. The number of carbonyl (C=O) groups is 6. The molecule has 0 unspecified atom stereocenters. The molecule has 5 fully saturated rings. The maximum absolute atomic E-state index is 13.5. The van der Waals surface area contributed by atoms with E-state index in [9.17, 15) is 28.8 Å². The summed E-state index contributed by atoms with van der Waals surface area (Å²) in [6.07, 6.45) is 6.87. The first-order valence-corrected chi connectivity index (χ1v) is 23.7. The van der Waals surface area contributed by atoms with Gasteiger partial charge in [0.15, 0.2) is 17.0 Å². The molecule has 20 heteroatoms. The molecule has 0 spiro atoms. The molecule has 3 N–H and O–H groups in total. The molecular weight excluding hydrogens is 881 g/mol. The Bertz CT molecular complexity index is 2920. The van der Waals surface area contributed by atoms with Crippen LogP contribution in [0.4, 0.5) is 22.9 Å². The van der Waals surface area contributed by atoms with E-state index in [-0.39, 0.29) is 65.2 Å². The van der Waals surface area contributed by atoms with Gasteiger partial charge < -0.3 is 29.9 Å². The van der Waals surface area contributed by atoms with Gasteiger partial charge in [0.1, 0.15) is 29.8 Å². The molecule has 1 saturated carbocycles. The normalized spacial score (nSPS) is 22.2. The average Bonchev–Trinajstić information content (AvgIpc) is 3.88. The zero-order valence-corrected chi connectivity index (χ0v) is 37.8. The van der Waals surface area contributed by atoms with Crippen molar-refractivity contribution in [1.82, 2.24) is 49.8 Å². The van der Waals surface area contributed by atoms with Crippen molar-refractivity contribution in [3.8, 4) is 6.07 Å². The first-order chi connectivity index (χ1) is 33.6. The third kappa shape index (κ3) is 8.47. The van der Waals surface area contributed by atoms with E-state index in [1.54, 1.807) is 42.7 Å². The summed E-state index contributed by atoms with van der Waals surface area (Å²) in [6, 6.07) is 19.3. The summed E-state index contributed by atoms with van der Waals surface area (Å²) in [5.74, 6) is -1.22. The summed E-state index contributed by atoms with van der Waals surface area (Å²) in [4.78, 5) is 105. The lowest BCUT2D eigenvalue weighted by molar-refractivity contribution is -0.138. The van der Waals surface area contributed by atoms with Gasteiger partial charge in [-0.05, 0) is 92.6 Å². The van der Waals surface area contributed by atoms with Gasteiger partial charge in [0.05, 0.1) is 23.4 Å². The largest absolute Gasteiger partial charge is 0.370 e. The predicted octanol–water partition coefficient (Wildman–Crippen LogP) is 2.87. The molecular formula is C49H50N14O6. The SMILES string of the molecule is N#Cc1cccc(C(=O)NC2CC(n3cnc4c(Nc5ccc(N6CCN(CC7CCN(C(=O)C8CN(c9ccc%10c(c9)C(=O)N([C@H]9CCC(=O)NC9=O)C%10=O)C8)CC7)CC6)cc5)ncnc43)C2)n1. The number of piperazine rings is 1. The van der Waals surface area contributed by atoms with E-state index in [0.717, 1.165) is 99.1 Å². The van der Waals surface area contributed by atoms with E-state index >= 15 is 0 Å². The summed E-state index contributed by atoms with van der Waals surface area (Å²) in [6.45, 7) is 7.38. The van der Waals surface area contributed by atoms with Crippen LogP contribution in [0.2, 0.25) is 0 Å². The molecule has 8 heterocycles. The highest BCUT2D eigenvalue weighted by atomic mass is 16.2. The molecule has 1 atom stereocenters. The predicted molar refractivity (Wildman–Crippen MR) is 250 cm³/mol. The number of hydrogen-bond donors (Lipinski definition) is 3. The third-order valence-corrected chi connectivity index (χ3v) is 14.6. The van der Waals surface area contributed by atoms with Crippen LogP contribution in [0, 0.1) is 23.2 Å². The summed E-state index contributed by atoms with van der Waals surface area (Å²) < 4.78 is 2.04. The van der Waals surface area contributed by atoms with Gasteiger partial charge in [-0.2, -0.15) is 5.26 Å². The number of amides is 6. The number of anilines is 4. The number of imide groups is 2. The Morgan fingerprint density at radius 1 is 0.812 bits per heavy atom. The Balaban J connectivity index is 0.605. The van der Waals surface area contributed by atoms with E-state index in [1.165, 1.54) is 6.33 Å². The number of benzene rings is 2. The first kappa shape index (κ1) is 43.8. The monoisotopic (exact) mass is 930 g/mol. The van der Waals surface area contributed by atoms with Crippen LogP contribution in [-0.4, -0.2) is 146 Å². The number of piperidine rings is 2. The Labute approximate surface area is 396 Å². The smallest absolute Gasteiger partial charge is 0.270 e. The number of pyridine rings is 1. The van der Waals surface area contributed by atoms with Crippen LogP contribution in [0.15, 0.2) is 73.3 Å². The Kier molecular flexibility index (Phi) is 11.4. The van der Waals surface area contributed by atoms with Crippen LogP contribution in [0.3, 0.4) is 0 Å². The van der Waals surface area contributed by atoms with E-state index in [4.69, 9.17) is 5.26 Å². The second-order valence-corrected chi connectivity index (χ2v) is 18.9. The fourth-order valence-corrected chi connectivity index (χ4v) is 10.6. The van der Waals surface area contributed by atoms with Gasteiger partial charge in [0.25, 0.3) is 17.7 Å². The van der Waals surface area contributed by atoms with E-state index < -0.39 is 29.7 Å². The fraction of sp³-hybridized carbons (Fsp3) is 0.408. The lowest BCUT2D eigenvalue weighted by Crippen LogP contribution is -2.56. The van der Waals surface area contributed by atoms with E-state index in [0.29, 0.717) is 30.3 Å². The van der Waals surface area contributed by atoms with Crippen molar-refractivity contribution < 1.29 is 28.8 Å². The van der Waals surface area contributed by atoms with Crippen LogP contribution in [-0.2, 0) is 14.4 Å². The van der Waals surface area contributed by atoms with Gasteiger partial charge in [-0.25, -0.2) is 19.9 Å². The van der Waals surface area contributed by atoms with Crippen molar-refractivity contribution in [3.05, 3.63) is 95.8 Å². The van der Waals surface area contributed by atoms with Gasteiger partial charge in [-0.15, -0.1) is 0 Å². The van der Waals surface area contributed by atoms with Crippen LogP contribution >= 0.6 is 0 Å². The maximum Gasteiger partial charge on any atom is 0.270 e. The summed E-state index contributed by atoms with van der Waals surface area (Å²) in [7, 11) is 0. The van der Waals surface area contributed by atoms with Crippen LogP contribution < -0.4 is 25.8 Å². The number of nitrogens with zero attached hydrogens (tertiary/aromatic N) is 11. The molecule has 4 saturated heterocycles. The van der Waals surface area contributed by atoms with Crippen molar-refractivity contribution >= 4 is 69.5 Å². The second kappa shape index (κ2) is 18.0. The van der Waals surface area contributed by atoms with Crippen LogP contribution in [0.5, 0.6) is 0 Å².